The molecule has 2 aromatic carbocycles. The van der Waals surface area contributed by atoms with Crippen LogP contribution in [0.25, 0.3) is 22.5 Å². The van der Waals surface area contributed by atoms with Gasteiger partial charge in [-0.2, -0.15) is 5.21 Å². The van der Waals surface area contributed by atoms with Crippen LogP contribution in [0.3, 0.4) is 0 Å². The first-order chi connectivity index (χ1) is 16.1. The second kappa shape index (κ2) is 8.78. The summed E-state index contributed by atoms with van der Waals surface area (Å²) in [4.78, 5) is 16.1. The van der Waals surface area contributed by atoms with Gasteiger partial charge < -0.3 is 9.67 Å². The Labute approximate surface area is 195 Å². The molecular formula is C24H23ClN6O2. The molecule has 8 nitrogen and oxygen atoms in total. The average Bonchev–Trinajstić information content (AvgIpc) is 3.56. The van der Waals surface area contributed by atoms with Crippen LogP contribution in [0.15, 0.2) is 42.5 Å². The van der Waals surface area contributed by atoms with E-state index in [-0.39, 0.29) is 16.9 Å². The molecule has 5 rings (SSSR count). The first kappa shape index (κ1) is 21.3. The lowest BCUT2D eigenvalue weighted by molar-refractivity contribution is 0.0691. The molecule has 0 fully saturated rings. The summed E-state index contributed by atoms with van der Waals surface area (Å²) in [6.07, 6.45) is 4.35. The third-order valence-corrected chi connectivity index (χ3v) is 6.57. The number of fused-ring (bicyclic) bond motifs is 1. The SMILES string of the molecule is CCCCc1nc(C(=O)O)c(Cl)n1C1CCc2cc(-c3ccccc3-c3nn[nH]n3)ccc21. The Morgan fingerprint density at radius 2 is 2.06 bits per heavy atom. The molecule has 0 bridgehead atoms. The van der Waals surface area contributed by atoms with Crippen LogP contribution in [-0.4, -0.2) is 41.3 Å². The zero-order valence-electron chi connectivity index (χ0n) is 18.1. The summed E-state index contributed by atoms with van der Waals surface area (Å²) in [5, 5.41) is 24.2. The number of hydrogen-bond acceptors (Lipinski definition) is 5. The van der Waals surface area contributed by atoms with Crippen molar-refractivity contribution in [3.8, 4) is 22.5 Å². The number of nitrogens with zero attached hydrogens (tertiary/aromatic N) is 5. The molecule has 1 aliphatic carbocycles. The Kier molecular flexibility index (Phi) is 5.68. The molecule has 9 heteroatoms. The van der Waals surface area contributed by atoms with E-state index in [0.717, 1.165) is 53.8 Å². The third kappa shape index (κ3) is 3.80. The summed E-state index contributed by atoms with van der Waals surface area (Å²) in [5.74, 6) is 0.197. The van der Waals surface area contributed by atoms with Gasteiger partial charge in [0.1, 0.15) is 11.0 Å². The Morgan fingerprint density at radius 3 is 2.79 bits per heavy atom. The minimum Gasteiger partial charge on any atom is -0.476 e. The molecule has 1 aliphatic rings. The Balaban J connectivity index is 1.55. The normalized spacial score (nSPS) is 15.0. The summed E-state index contributed by atoms with van der Waals surface area (Å²) in [6, 6.07) is 14.4. The molecular weight excluding hydrogens is 440 g/mol. The number of carboxylic acids is 1. The molecule has 4 aromatic rings. The summed E-state index contributed by atoms with van der Waals surface area (Å²) in [7, 11) is 0. The van der Waals surface area contributed by atoms with Gasteiger partial charge in [0.15, 0.2) is 5.69 Å². The van der Waals surface area contributed by atoms with Gasteiger partial charge in [-0.05, 0) is 46.7 Å². The number of aromatic nitrogens is 6. The van der Waals surface area contributed by atoms with Crippen molar-refractivity contribution in [2.45, 2.75) is 45.1 Å². The van der Waals surface area contributed by atoms with Crippen LogP contribution < -0.4 is 0 Å². The van der Waals surface area contributed by atoms with E-state index in [2.05, 4.69) is 56.8 Å². The third-order valence-electron chi connectivity index (χ3n) is 6.21. The largest absolute Gasteiger partial charge is 0.476 e. The fourth-order valence-corrected chi connectivity index (χ4v) is 5.00. The van der Waals surface area contributed by atoms with Gasteiger partial charge in [0.05, 0.1) is 6.04 Å². The smallest absolute Gasteiger partial charge is 0.357 e. The molecule has 1 unspecified atom stereocenters. The fraction of sp³-hybridized carbons (Fsp3) is 0.292. The quantitative estimate of drug-likeness (QED) is 0.401. The average molecular weight is 463 g/mol. The van der Waals surface area contributed by atoms with Crippen LogP contribution in [0, 0.1) is 0 Å². The van der Waals surface area contributed by atoms with Crippen molar-refractivity contribution in [1.29, 1.82) is 0 Å². The van der Waals surface area contributed by atoms with Gasteiger partial charge in [0.25, 0.3) is 0 Å². The van der Waals surface area contributed by atoms with Gasteiger partial charge in [0, 0.05) is 12.0 Å². The highest BCUT2D eigenvalue weighted by Gasteiger charge is 2.31. The standard InChI is InChI=1S/C24H23ClN6O2/c1-2-3-8-20-26-21(24(32)33)22(25)31(20)19-12-10-15-13-14(9-11-17(15)19)16-6-4-5-7-18(16)23-27-29-30-28-23/h4-7,9,11,13,19H,2-3,8,10,12H2,1H3,(H,32,33)(H,27,28,29,30). The van der Waals surface area contributed by atoms with Gasteiger partial charge in [-0.15, -0.1) is 10.2 Å². The van der Waals surface area contributed by atoms with Gasteiger partial charge in [-0.25, -0.2) is 9.78 Å². The number of carboxylic acid groups (broad SMARTS) is 1. The molecule has 0 saturated heterocycles. The van der Waals surface area contributed by atoms with Crippen LogP contribution >= 0.6 is 11.6 Å². The van der Waals surface area contributed by atoms with Crippen molar-refractivity contribution in [3.05, 3.63) is 70.3 Å². The molecule has 33 heavy (non-hydrogen) atoms. The number of unbranched alkanes of at least 4 members (excludes halogenated alkanes) is 1. The highest BCUT2D eigenvalue weighted by molar-refractivity contribution is 6.32. The predicted octanol–water partition coefficient (Wildman–Crippen LogP) is 4.96. The maximum atomic E-state index is 11.7. The number of imidazole rings is 1. The zero-order chi connectivity index (χ0) is 22.9. The molecule has 0 saturated carbocycles. The molecule has 2 aromatic heterocycles. The van der Waals surface area contributed by atoms with Crippen molar-refractivity contribution < 1.29 is 9.90 Å². The number of rotatable bonds is 7. The number of nitrogens with one attached hydrogen (secondary N) is 1. The maximum Gasteiger partial charge on any atom is 0.357 e. The van der Waals surface area contributed by atoms with Crippen LogP contribution in [0.1, 0.15) is 59.7 Å². The number of tetrazole rings is 1. The number of aromatic carboxylic acids is 1. The minimum atomic E-state index is -1.09. The fourth-order valence-electron chi connectivity index (χ4n) is 4.66. The Morgan fingerprint density at radius 1 is 1.24 bits per heavy atom. The van der Waals surface area contributed by atoms with Crippen molar-refractivity contribution >= 4 is 17.6 Å². The van der Waals surface area contributed by atoms with Crippen LogP contribution in [0.2, 0.25) is 5.15 Å². The highest BCUT2D eigenvalue weighted by Crippen LogP contribution is 2.41. The molecule has 0 aliphatic heterocycles. The number of aryl methyl sites for hydroxylation is 2. The zero-order valence-corrected chi connectivity index (χ0v) is 18.9. The van der Waals surface area contributed by atoms with Crippen LogP contribution in [0.4, 0.5) is 0 Å². The molecule has 0 radical (unpaired) electrons. The first-order valence-corrected chi connectivity index (χ1v) is 11.4. The number of aromatic amines is 1. The van der Waals surface area contributed by atoms with Gasteiger partial charge >= 0.3 is 5.97 Å². The molecule has 2 heterocycles. The van der Waals surface area contributed by atoms with Crippen LogP contribution in [0.5, 0.6) is 0 Å². The summed E-state index contributed by atoms with van der Waals surface area (Å²) >= 11 is 6.55. The summed E-state index contributed by atoms with van der Waals surface area (Å²) in [6.45, 7) is 2.10. The van der Waals surface area contributed by atoms with Crippen molar-refractivity contribution in [3.63, 3.8) is 0 Å². The summed E-state index contributed by atoms with van der Waals surface area (Å²) < 4.78 is 1.93. The van der Waals surface area contributed by atoms with Crippen molar-refractivity contribution in [1.82, 2.24) is 30.2 Å². The van der Waals surface area contributed by atoms with E-state index in [0.29, 0.717) is 12.2 Å². The number of hydrogen-bond donors (Lipinski definition) is 2. The molecule has 168 valence electrons. The van der Waals surface area contributed by atoms with E-state index < -0.39 is 5.97 Å². The second-order valence-corrected chi connectivity index (χ2v) is 8.55. The van der Waals surface area contributed by atoms with Crippen molar-refractivity contribution in [2.75, 3.05) is 0 Å². The molecule has 0 amide bonds. The van der Waals surface area contributed by atoms with E-state index >= 15 is 0 Å². The van der Waals surface area contributed by atoms with E-state index in [1.54, 1.807) is 0 Å². The van der Waals surface area contributed by atoms with Crippen LogP contribution in [-0.2, 0) is 12.8 Å². The topological polar surface area (TPSA) is 110 Å². The van der Waals surface area contributed by atoms with Gasteiger partial charge in [-0.1, -0.05) is 67.4 Å². The van der Waals surface area contributed by atoms with E-state index in [4.69, 9.17) is 11.6 Å². The monoisotopic (exact) mass is 462 g/mol. The van der Waals surface area contributed by atoms with E-state index in [9.17, 15) is 9.90 Å². The summed E-state index contributed by atoms with van der Waals surface area (Å²) in [5.41, 5.74) is 5.33. The molecule has 0 spiro atoms. The van der Waals surface area contributed by atoms with Gasteiger partial charge in [-0.3, -0.25) is 0 Å². The number of carbonyl (C=O) groups is 1. The maximum absolute atomic E-state index is 11.7. The Hall–Kier alpha value is -3.52. The molecule has 2 N–H and O–H groups in total. The van der Waals surface area contributed by atoms with E-state index in [1.807, 2.05) is 22.8 Å². The lowest BCUT2D eigenvalue weighted by Crippen LogP contribution is -2.12. The second-order valence-electron chi connectivity index (χ2n) is 8.20. The van der Waals surface area contributed by atoms with E-state index in [1.165, 1.54) is 5.56 Å². The predicted molar refractivity (Wildman–Crippen MR) is 124 cm³/mol. The highest BCUT2D eigenvalue weighted by atomic mass is 35.5. The lowest BCUT2D eigenvalue weighted by Gasteiger charge is -2.18. The number of benzene rings is 2. The number of H-pyrrole nitrogens is 1. The van der Waals surface area contributed by atoms with Crippen molar-refractivity contribution in [2.24, 2.45) is 0 Å². The lowest BCUT2D eigenvalue weighted by atomic mass is 9.96. The number of halogens is 1. The molecule has 1 atom stereocenters. The Bertz CT molecular complexity index is 1310. The minimum absolute atomic E-state index is 0.0264. The van der Waals surface area contributed by atoms with Gasteiger partial charge in [0.2, 0.25) is 5.82 Å². The first-order valence-electron chi connectivity index (χ1n) is 11.0.